The number of nitrogens with two attached hydrogens (primary N) is 1. The second kappa shape index (κ2) is 6.41. The first-order valence-electron chi connectivity index (χ1n) is 8.56. The average Bonchev–Trinajstić information content (AvgIpc) is 2.88. The van der Waals surface area contributed by atoms with Gasteiger partial charge in [-0.2, -0.15) is 5.10 Å². The highest BCUT2D eigenvalue weighted by atomic mass is 79.9. The Morgan fingerprint density at radius 2 is 1.90 bits per heavy atom. The van der Waals surface area contributed by atoms with Crippen molar-refractivity contribution in [3.8, 4) is 0 Å². The Morgan fingerprint density at radius 1 is 1.19 bits per heavy atom. The molecule has 2 aliphatic carbocycles. The molecule has 3 rings (SSSR count). The zero-order valence-corrected chi connectivity index (χ0v) is 14.8. The van der Waals surface area contributed by atoms with E-state index in [1.54, 1.807) is 0 Å². The molecule has 0 aromatic carbocycles. The van der Waals surface area contributed by atoms with Gasteiger partial charge in [0.1, 0.15) is 0 Å². The molecule has 0 saturated heterocycles. The Bertz CT molecular complexity index is 482. The maximum absolute atomic E-state index is 6.68. The molecular weight excluding hydrogens is 326 g/mol. The highest BCUT2D eigenvalue weighted by molar-refractivity contribution is 9.10. The molecule has 1 aromatic heterocycles. The second-order valence-corrected chi connectivity index (χ2v) is 8.17. The number of rotatable bonds is 3. The summed E-state index contributed by atoms with van der Waals surface area (Å²) in [6.45, 7) is 4.35. The second-order valence-electron chi connectivity index (χ2n) is 7.32. The van der Waals surface area contributed by atoms with E-state index in [0.717, 1.165) is 16.3 Å². The van der Waals surface area contributed by atoms with E-state index in [1.165, 1.54) is 50.6 Å². The Hall–Kier alpha value is -0.350. The maximum Gasteiger partial charge on any atom is 0.0699 e. The van der Waals surface area contributed by atoms with Gasteiger partial charge in [-0.25, -0.2) is 0 Å². The summed E-state index contributed by atoms with van der Waals surface area (Å²) < 4.78 is 3.18. The molecule has 21 heavy (non-hydrogen) atoms. The minimum atomic E-state index is 0.118. The van der Waals surface area contributed by atoms with E-state index in [-0.39, 0.29) is 6.04 Å². The molecule has 2 N–H and O–H groups in total. The van der Waals surface area contributed by atoms with Gasteiger partial charge in [-0.15, -0.1) is 0 Å². The average molecular weight is 354 g/mol. The first-order valence-corrected chi connectivity index (χ1v) is 9.35. The molecule has 4 atom stereocenters. The first-order chi connectivity index (χ1) is 10.1. The first kappa shape index (κ1) is 15.5. The van der Waals surface area contributed by atoms with E-state index in [4.69, 9.17) is 5.73 Å². The largest absolute Gasteiger partial charge is 0.322 e. The van der Waals surface area contributed by atoms with Crippen LogP contribution in [-0.4, -0.2) is 9.78 Å². The molecule has 0 spiro atoms. The summed E-state index contributed by atoms with van der Waals surface area (Å²) in [5.74, 6) is 2.54. The predicted octanol–water partition coefficient (Wildman–Crippen LogP) is 4.83. The van der Waals surface area contributed by atoms with Crippen molar-refractivity contribution >= 4 is 15.9 Å². The van der Waals surface area contributed by atoms with Crippen LogP contribution in [-0.2, 0) is 0 Å². The van der Waals surface area contributed by atoms with Crippen molar-refractivity contribution in [3.63, 3.8) is 0 Å². The minimum Gasteiger partial charge on any atom is -0.322 e. The van der Waals surface area contributed by atoms with Crippen molar-refractivity contribution in [1.29, 1.82) is 0 Å². The van der Waals surface area contributed by atoms with E-state index >= 15 is 0 Å². The van der Waals surface area contributed by atoms with Crippen LogP contribution in [0.2, 0.25) is 0 Å². The van der Waals surface area contributed by atoms with Gasteiger partial charge in [-0.05, 0) is 66.8 Å². The summed E-state index contributed by atoms with van der Waals surface area (Å²) in [7, 11) is 0. The lowest BCUT2D eigenvalue weighted by molar-refractivity contribution is 0.115. The van der Waals surface area contributed by atoms with Crippen LogP contribution in [0.1, 0.15) is 76.6 Å². The van der Waals surface area contributed by atoms with E-state index < -0.39 is 0 Å². The van der Waals surface area contributed by atoms with Gasteiger partial charge < -0.3 is 5.73 Å². The highest BCUT2D eigenvalue weighted by Crippen LogP contribution is 2.46. The Labute approximate surface area is 136 Å². The molecule has 4 unspecified atom stereocenters. The fourth-order valence-electron chi connectivity index (χ4n) is 4.53. The van der Waals surface area contributed by atoms with Crippen molar-refractivity contribution in [1.82, 2.24) is 9.78 Å². The number of aromatic nitrogens is 2. The zero-order chi connectivity index (χ0) is 15.0. The number of fused-ring (bicyclic) bond motifs is 1. The van der Waals surface area contributed by atoms with Crippen LogP contribution >= 0.6 is 15.9 Å². The van der Waals surface area contributed by atoms with E-state index in [0.29, 0.717) is 12.0 Å². The Morgan fingerprint density at radius 3 is 2.62 bits per heavy atom. The number of hydrogen-bond acceptors (Lipinski definition) is 2. The van der Waals surface area contributed by atoms with Crippen LogP contribution < -0.4 is 5.73 Å². The van der Waals surface area contributed by atoms with Gasteiger partial charge in [0.2, 0.25) is 0 Å². The fraction of sp³-hybridized carbons (Fsp3) is 0.824. The topological polar surface area (TPSA) is 43.8 Å². The molecule has 2 aliphatic rings. The van der Waals surface area contributed by atoms with E-state index in [2.05, 4.69) is 39.6 Å². The lowest BCUT2D eigenvalue weighted by atomic mass is 9.66. The van der Waals surface area contributed by atoms with Crippen LogP contribution in [0, 0.1) is 17.8 Å². The molecule has 0 amide bonds. The number of halogens is 1. The molecule has 0 radical (unpaired) electrons. The van der Waals surface area contributed by atoms with Gasteiger partial charge in [0.05, 0.1) is 22.4 Å². The normalized spacial score (nSPS) is 31.2. The monoisotopic (exact) mass is 353 g/mol. The molecule has 2 fully saturated rings. The van der Waals surface area contributed by atoms with Crippen LogP contribution in [0.5, 0.6) is 0 Å². The predicted molar refractivity (Wildman–Crippen MR) is 90.0 cm³/mol. The summed E-state index contributed by atoms with van der Waals surface area (Å²) in [4.78, 5) is 0. The fourth-order valence-corrected chi connectivity index (χ4v) is 5.07. The third-order valence-corrected chi connectivity index (χ3v) is 6.29. The Balaban J connectivity index is 1.76. The minimum absolute atomic E-state index is 0.118. The van der Waals surface area contributed by atoms with Gasteiger partial charge in [0, 0.05) is 6.04 Å². The summed E-state index contributed by atoms with van der Waals surface area (Å²) in [5, 5.41) is 4.50. The molecule has 118 valence electrons. The van der Waals surface area contributed by atoms with Crippen LogP contribution in [0.4, 0.5) is 0 Å². The van der Waals surface area contributed by atoms with Crippen molar-refractivity contribution < 1.29 is 0 Å². The summed E-state index contributed by atoms with van der Waals surface area (Å²) >= 11 is 3.66. The van der Waals surface area contributed by atoms with Gasteiger partial charge in [-0.1, -0.05) is 25.7 Å². The van der Waals surface area contributed by atoms with Crippen LogP contribution in [0.15, 0.2) is 10.7 Å². The molecule has 1 aromatic rings. The van der Waals surface area contributed by atoms with Gasteiger partial charge >= 0.3 is 0 Å². The Kier molecular flexibility index (Phi) is 4.75. The van der Waals surface area contributed by atoms with Crippen molar-refractivity contribution in [2.75, 3.05) is 0 Å². The van der Waals surface area contributed by atoms with Crippen molar-refractivity contribution in [2.24, 2.45) is 23.5 Å². The summed E-state index contributed by atoms with van der Waals surface area (Å²) in [6, 6.07) is 0.482. The lowest BCUT2D eigenvalue weighted by Gasteiger charge is -2.41. The third-order valence-electron chi connectivity index (χ3n) is 5.68. The van der Waals surface area contributed by atoms with Crippen molar-refractivity contribution in [2.45, 2.75) is 70.9 Å². The van der Waals surface area contributed by atoms with Gasteiger partial charge in [0.25, 0.3) is 0 Å². The van der Waals surface area contributed by atoms with Crippen LogP contribution in [0.25, 0.3) is 0 Å². The zero-order valence-electron chi connectivity index (χ0n) is 13.3. The quantitative estimate of drug-likeness (QED) is 0.845. The standard InChI is InChI=1S/C17H28BrN3/c1-11(2)21-17(15(18)10-20-21)16(19)14-8-7-12-5-3-4-6-13(12)9-14/h10-14,16H,3-9,19H2,1-2H3. The number of nitrogens with zero attached hydrogens (tertiary/aromatic N) is 2. The maximum atomic E-state index is 6.68. The molecule has 1 heterocycles. The molecular formula is C17H28BrN3. The molecule has 2 saturated carbocycles. The highest BCUT2D eigenvalue weighted by Gasteiger charge is 2.36. The summed E-state index contributed by atoms with van der Waals surface area (Å²) in [5.41, 5.74) is 7.88. The van der Waals surface area contributed by atoms with E-state index in [9.17, 15) is 0 Å². The molecule has 3 nitrogen and oxygen atoms in total. The number of hydrogen-bond donors (Lipinski definition) is 1. The smallest absolute Gasteiger partial charge is 0.0699 e. The van der Waals surface area contributed by atoms with Gasteiger partial charge in [0.15, 0.2) is 0 Å². The summed E-state index contributed by atoms with van der Waals surface area (Å²) in [6.07, 6.45) is 11.7. The van der Waals surface area contributed by atoms with Crippen LogP contribution in [0.3, 0.4) is 0 Å². The van der Waals surface area contributed by atoms with E-state index in [1.807, 2.05) is 6.20 Å². The van der Waals surface area contributed by atoms with Crippen molar-refractivity contribution in [3.05, 3.63) is 16.4 Å². The third kappa shape index (κ3) is 3.07. The lowest BCUT2D eigenvalue weighted by Crippen LogP contribution is -2.34. The van der Waals surface area contributed by atoms with Gasteiger partial charge in [-0.3, -0.25) is 4.68 Å². The molecule has 0 aliphatic heterocycles. The molecule has 0 bridgehead atoms. The SMILES string of the molecule is CC(C)n1ncc(Br)c1C(N)C1CCC2CCCCC2C1. The molecule has 4 heteroatoms.